The standard InChI is InChI=1S/C17H13BrF2N2O/c18-13-5-2-1-4-12(13)16(23)10-11-8-9-22(21-11)17-14(19)6-3-7-15(17)20/h1-7H,8-10H2. The van der Waals surface area contributed by atoms with Crippen molar-refractivity contribution in [3.63, 3.8) is 0 Å². The van der Waals surface area contributed by atoms with Gasteiger partial charge in [-0.3, -0.25) is 9.80 Å². The van der Waals surface area contributed by atoms with Crippen LogP contribution in [0.5, 0.6) is 0 Å². The van der Waals surface area contributed by atoms with Gasteiger partial charge in [0.2, 0.25) is 0 Å². The molecule has 0 N–H and O–H groups in total. The van der Waals surface area contributed by atoms with E-state index < -0.39 is 11.6 Å². The van der Waals surface area contributed by atoms with E-state index in [0.29, 0.717) is 24.2 Å². The highest BCUT2D eigenvalue weighted by atomic mass is 79.9. The summed E-state index contributed by atoms with van der Waals surface area (Å²) in [5, 5.41) is 5.49. The summed E-state index contributed by atoms with van der Waals surface area (Å²) >= 11 is 3.34. The minimum Gasteiger partial charge on any atom is -0.294 e. The molecule has 0 spiro atoms. The summed E-state index contributed by atoms with van der Waals surface area (Å²) in [6.45, 7) is 0.358. The van der Waals surface area contributed by atoms with Crippen molar-refractivity contribution in [3.05, 3.63) is 64.1 Å². The van der Waals surface area contributed by atoms with Crippen molar-refractivity contribution in [1.82, 2.24) is 0 Å². The molecule has 1 aliphatic heterocycles. The first-order chi connectivity index (χ1) is 11.1. The van der Waals surface area contributed by atoms with Gasteiger partial charge in [-0.1, -0.05) is 40.2 Å². The van der Waals surface area contributed by atoms with Crippen LogP contribution in [0.25, 0.3) is 0 Å². The third kappa shape index (κ3) is 3.32. The minimum atomic E-state index is -0.660. The van der Waals surface area contributed by atoms with Crippen LogP contribution in [0.1, 0.15) is 23.2 Å². The summed E-state index contributed by atoms with van der Waals surface area (Å²) in [4.78, 5) is 12.3. The molecule has 2 aromatic rings. The van der Waals surface area contributed by atoms with Crippen molar-refractivity contribution in [3.8, 4) is 0 Å². The Kier molecular flexibility index (Phi) is 4.52. The van der Waals surface area contributed by atoms with Crippen molar-refractivity contribution in [2.75, 3.05) is 11.6 Å². The summed E-state index contributed by atoms with van der Waals surface area (Å²) in [6, 6.07) is 10.8. The summed E-state index contributed by atoms with van der Waals surface area (Å²) in [5.74, 6) is -1.40. The molecule has 0 saturated heterocycles. The number of hydrogen-bond donors (Lipinski definition) is 0. The molecule has 2 aromatic carbocycles. The van der Waals surface area contributed by atoms with Crippen molar-refractivity contribution in [2.45, 2.75) is 12.8 Å². The number of rotatable bonds is 4. The van der Waals surface area contributed by atoms with Crippen LogP contribution >= 0.6 is 15.9 Å². The smallest absolute Gasteiger partial charge is 0.169 e. The molecule has 23 heavy (non-hydrogen) atoms. The predicted octanol–water partition coefficient (Wildman–Crippen LogP) is 4.57. The fourth-order valence-corrected chi connectivity index (χ4v) is 3.00. The summed E-state index contributed by atoms with van der Waals surface area (Å²) in [5.41, 5.74) is 1.02. The van der Waals surface area contributed by atoms with Gasteiger partial charge in [0.05, 0.1) is 6.42 Å². The molecule has 3 nitrogen and oxygen atoms in total. The van der Waals surface area contributed by atoms with Crippen LogP contribution in [-0.2, 0) is 0 Å². The van der Waals surface area contributed by atoms with Gasteiger partial charge < -0.3 is 0 Å². The van der Waals surface area contributed by atoms with E-state index in [0.717, 1.165) is 4.47 Å². The molecule has 0 radical (unpaired) electrons. The largest absolute Gasteiger partial charge is 0.294 e. The third-order valence-corrected chi connectivity index (χ3v) is 4.30. The number of carbonyl (C=O) groups excluding carboxylic acids is 1. The summed E-state index contributed by atoms with van der Waals surface area (Å²) in [7, 11) is 0. The van der Waals surface area contributed by atoms with Gasteiger partial charge in [0, 0.05) is 28.7 Å². The monoisotopic (exact) mass is 378 g/mol. The molecule has 6 heteroatoms. The Labute approximate surface area is 140 Å². The van der Waals surface area contributed by atoms with E-state index in [1.807, 2.05) is 6.07 Å². The molecule has 1 heterocycles. The summed E-state index contributed by atoms with van der Waals surface area (Å²) in [6.07, 6.45) is 0.638. The van der Waals surface area contributed by atoms with Crippen molar-refractivity contribution >= 4 is 33.1 Å². The predicted molar refractivity (Wildman–Crippen MR) is 88.8 cm³/mol. The third-order valence-electron chi connectivity index (χ3n) is 3.61. The lowest BCUT2D eigenvalue weighted by Gasteiger charge is -2.14. The van der Waals surface area contributed by atoms with Gasteiger partial charge >= 0.3 is 0 Å². The average molecular weight is 379 g/mol. The molecule has 0 aromatic heterocycles. The molecular formula is C17H13BrF2N2O. The summed E-state index contributed by atoms with van der Waals surface area (Å²) < 4.78 is 28.3. The minimum absolute atomic E-state index is 0.0768. The lowest BCUT2D eigenvalue weighted by Crippen LogP contribution is -2.15. The van der Waals surface area contributed by atoms with E-state index >= 15 is 0 Å². The van der Waals surface area contributed by atoms with Gasteiger partial charge in [0.15, 0.2) is 17.4 Å². The molecule has 0 unspecified atom stereocenters. The Bertz CT molecular complexity index is 772. The normalized spacial score (nSPS) is 14.0. The number of anilines is 1. The van der Waals surface area contributed by atoms with Gasteiger partial charge in [0.25, 0.3) is 0 Å². The maximum absolute atomic E-state index is 13.8. The van der Waals surface area contributed by atoms with Crippen LogP contribution in [0.15, 0.2) is 52.0 Å². The van der Waals surface area contributed by atoms with Crippen LogP contribution in [0.4, 0.5) is 14.5 Å². The topological polar surface area (TPSA) is 32.7 Å². The zero-order chi connectivity index (χ0) is 16.4. The number of Topliss-reactive ketones (excluding diaryl/α,β-unsaturated/α-hetero) is 1. The van der Waals surface area contributed by atoms with E-state index in [-0.39, 0.29) is 17.9 Å². The molecule has 118 valence electrons. The molecule has 3 rings (SSSR count). The zero-order valence-corrected chi connectivity index (χ0v) is 13.7. The van der Waals surface area contributed by atoms with Crippen LogP contribution in [0.3, 0.4) is 0 Å². The van der Waals surface area contributed by atoms with Gasteiger partial charge in [0.1, 0.15) is 5.69 Å². The number of benzene rings is 2. The first-order valence-electron chi connectivity index (χ1n) is 7.12. The molecule has 0 amide bonds. The molecule has 0 bridgehead atoms. The first kappa shape index (κ1) is 15.8. The average Bonchev–Trinajstić information content (AvgIpc) is 2.95. The number of hydrogen-bond acceptors (Lipinski definition) is 3. The fourth-order valence-electron chi connectivity index (χ4n) is 2.49. The lowest BCUT2D eigenvalue weighted by molar-refractivity contribution is 0.0999. The lowest BCUT2D eigenvalue weighted by atomic mass is 10.0. The van der Waals surface area contributed by atoms with Crippen molar-refractivity contribution < 1.29 is 13.6 Å². The second kappa shape index (κ2) is 6.58. The van der Waals surface area contributed by atoms with Crippen LogP contribution in [0.2, 0.25) is 0 Å². The number of ketones is 1. The van der Waals surface area contributed by atoms with Crippen molar-refractivity contribution in [1.29, 1.82) is 0 Å². The van der Waals surface area contributed by atoms with E-state index in [1.54, 1.807) is 18.2 Å². The Morgan fingerprint density at radius 2 is 1.83 bits per heavy atom. The highest BCUT2D eigenvalue weighted by molar-refractivity contribution is 9.10. The highest BCUT2D eigenvalue weighted by Crippen LogP contribution is 2.27. The molecule has 1 aliphatic rings. The van der Waals surface area contributed by atoms with E-state index in [1.165, 1.54) is 23.2 Å². The van der Waals surface area contributed by atoms with Crippen LogP contribution in [-0.4, -0.2) is 18.0 Å². The maximum atomic E-state index is 13.8. The SMILES string of the molecule is O=C(CC1=NN(c2c(F)cccc2F)CC1)c1ccccc1Br. The van der Waals surface area contributed by atoms with Crippen molar-refractivity contribution in [2.24, 2.45) is 5.10 Å². The Hall–Kier alpha value is -2.08. The Balaban J connectivity index is 1.78. The van der Waals surface area contributed by atoms with E-state index in [2.05, 4.69) is 21.0 Å². The molecule has 0 fully saturated rings. The van der Waals surface area contributed by atoms with Crippen LogP contribution in [0, 0.1) is 11.6 Å². The Morgan fingerprint density at radius 1 is 1.13 bits per heavy atom. The number of nitrogens with zero attached hydrogens (tertiary/aromatic N) is 2. The second-order valence-corrected chi connectivity index (χ2v) is 6.04. The fraction of sp³-hybridized carbons (Fsp3) is 0.176. The van der Waals surface area contributed by atoms with E-state index in [9.17, 15) is 13.6 Å². The van der Waals surface area contributed by atoms with Gasteiger partial charge in [-0.2, -0.15) is 5.10 Å². The Morgan fingerprint density at radius 3 is 2.52 bits per heavy atom. The maximum Gasteiger partial charge on any atom is 0.169 e. The van der Waals surface area contributed by atoms with Gasteiger partial charge in [-0.25, -0.2) is 8.78 Å². The number of carbonyl (C=O) groups is 1. The molecule has 0 saturated carbocycles. The number of halogens is 3. The number of hydrazone groups is 1. The number of para-hydroxylation sites is 1. The first-order valence-corrected chi connectivity index (χ1v) is 7.91. The zero-order valence-electron chi connectivity index (χ0n) is 12.1. The quantitative estimate of drug-likeness (QED) is 0.730. The second-order valence-electron chi connectivity index (χ2n) is 5.19. The van der Waals surface area contributed by atoms with Gasteiger partial charge in [-0.05, 0) is 18.2 Å². The van der Waals surface area contributed by atoms with Gasteiger partial charge in [-0.15, -0.1) is 0 Å². The highest BCUT2D eigenvalue weighted by Gasteiger charge is 2.23. The van der Waals surface area contributed by atoms with Crippen LogP contribution < -0.4 is 5.01 Å². The molecular weight excluding hydrogens is 366 g/mol. The molecule has 0 aliphatic carbocycles. The van der Waals surface area contributed by atoms with E-state index in [4.69, 9.17) is 0 Å². The molecule has 0 atom stereocenters.